The Morgan fingerprint density at radius 1 is 1.18 bits per heavy atom. The molecule has 0 atom stereocenters. The van der Waals surface area contributed by atoms with Crippen LogP contribution >= 0.6 is 11.3 Å². The molecule has 3 heterocycles. The van der Waals surface area contributed by atoms with Crippen LogP contribution in [0.4, 0.5) is 0 Å². The molecule has 112 valence electrons. The molecule has 22 heavy (non-hydrogen) atoms. The summed E-state index contributed by atoms with van der Waals surface area (Å²) in [5.74, 6) is -1.25. The molecule has 7 nitrogen and oxygen atoms in total. The Bertz CT molecular complexity index is 854. The van der Waals surface area contributed by atoms with E-state index in [-0.39, 0.29) is 11.4 Å². The average molecular weight is 317 g/mol. The van der Waals surface area contributed by atoms with E-state index in [9.17, 15) is 9.59 Å². The molecule has 8 heteroatoms. The highest BCUT2D eigenvalue weighted by atomic mass is 32.1. The van der Waals surface area contributed by atoms with Crippen LogP contribution < -0.4 is 0 Å². The van der Waals surface area contributed by atoms with Crippen LogP contribution in [0.25, 0.3) is 16.2 Å². The number of rotatable bonds is 3. The number of esters is 2. The quantitative estimate of drug-likeness (QED) is 0.687. The second kappa shape index (κ2) is 5.57. The van der Waals surface area contributed by atoms with Crippen LogP contribution in [-0.4, -0.2) is 40.8 Å². The molecule has 0 saturated carbocycles. The number of carbonyl (C=O) groups excluding carboxylic acids is 2. The molecule has 0 spiro atoms. The van der Waals surface area contributed by atoms with Gasteiger partial charge in [0.05, 0.1) is 19.1 Å². The third-order valence-electron chi connectivity index (χ3n) is 2.99. The van der Waals surface area contributed by atoms with Crippen LogP contribution in [0.15, 0.2) is 29.6 Å². The van der Waals surface area contributed by atoms with E-state index in [1.165, 1.54) is 36.1 Å². The second-order valence-electron chi connectivity index (χ2n) is 4.29. The summed E-state index contributed by atoms with van der Waals surface area (Å²) in [5, 5.41) is 6.29. The van der Waals surface area contributed by atoms with Gasteiger partial charge in [0, 0.05) is 12.1 Å². The predicted molar refractivity (Wildman–Crippen MR) is 79.0 cm³/mol. The van der Waals surface area contributed by atoms with Crippen LogP contribution in [0.3, 0.4) is 0 Å². The zero-order valence-electron chi connectivity index (χ0n) is 11.8. The molecule has 0 saturated heterocycles. The highest BCUT2D eigenvalue weighted by molar-refractivity contribution is 7.13. The molecule has 3 rings (SSSR count). The lowest BCUT2D eigenvalue weighted by Crippen LogP contribution is -2.14. The summed E-state index contributed by atoms with van der Waals surface area (Å²) in [4.78, 5) is 28.7. The van der Waals surface area contributed by atoms with E-state index in [2.05, 4.69) is 14.8 Å². The summed E-state index contributed by atoms with van der Waals surface area (Å²) in [6.07, 6.45) is 0. The van der Waals surface area contributed by atoms with Crippen LogP contribution in [0.5, 0.6) is 0 Å². The van der Waals surface area contributed by atoms with Gasteiger partial charge in [-0.25, -0.2) is 19.1 Å². The summed E-state index contributed by atoms with van der Waals surface area (Å²) in [5.41, 5.74) is 1.16. The van der Waals surface area contributed by atoms with Gasteiger partial charge in [-0.05, 0) is 11.4 Å². The number of hydrogen-bond donors (Lipinski definition) is 0. The van der Waals surface area contributed by atoms with Crippen molar-refractivity contribution in [2.24, 2.45) is 0 Å². The number of hydrogen-bond acceptors (Lipinski definition) is 7. The summed E-state index contributed by atoms with van der Waals surface area (Å²) in [7, 11) is 2.51. The number of thiophene rings is 1. The molecule has 0 N–H and O–H groups in total. The highest BCUT2D eigenvalue weighted by Gasteiger charge is 2.20. The lowest BCUT2D eigenvalue weighted by molar-refractivity contribution is 0.0588. The van der Waals surface area contributed by atoms with Crippen LogP contribution in [0, 0.1) is 0 Å². The third kappa shape index (κ3) is 2.33. The molecule has 0 aliphatic rings. The summed E-state index contributed by atoms with van der Waals surface area (Å²) < 4.78 is 10.7. The molecule has 0 bridgehead atoms. The van der Waals surface area contributed by atoms with E-state index in [0.717, 1.165) is 4.88 Å². The molecule has 0 aliphatic heterocycles. The molecule has 0 radical (unpaired) electrons. The average Bonchev–Trinajstić information content (AvgIpc) is 3.20. The zero-order valence-corrected chi connectivity index (χ0v) is 12.6. The molecule has 3 aromatic rings. The number of carbonyl (C=O) groups is 2. The Hall–Kier alpha value is -2.74. The van der Waals surface area contributed by atoms with Gasteiger partial charge in [-0.3, -0.25) is 0 Å². The van der Waals surface area contributed by atoms with Gasteiger partial charge >= 0.3 is 11.9 Å². The highest BCUT2D eigenvalue weighted by Crippen LogP contribution is 2.24. The molecule has 0 amide bonds. The molecular formula is C14H11N3O4S. The van der Waals surface area contributed by atoms with Gasteiger partial charge in [0.1, 0.15) is 5.69 Å². The fourth-order valence-electron chi connectivity index (χ4n) is 1.98. The van der Waals surface area contributed by atoms with Gasteiger partial charge in [-0.15, -0.1) is 11.3 Å². The first-order valence-electron chi connectivity index (χ1n) is 6.25. The van der Waals surface area contributed by atoms with Crippen molar-refractivity contribution in [3.05, 3.63) is 41.0 Å². The topological polar surface area (TPSA) is 82.8 Å². The first-order valence-corrected chi connectivity index (χ1v) is 7.13. The Kier molecular flexibility index (Phi) is 3.60. The first-order chi connectivity index (χ1) is 10.6. The standard InChI is InChI=1S/C14H11N3O4S/c1-20-13(18)9-6-10(14(19)21-2)17-12(15-9)7-8(16-17)11-4-3-5-22-11/h3-7H,1-2H3. The summed E-state index contributed by atoms with van der Waals surface area (Å²) in [6.45, 7) is 0. The van der Waals surface area contributed by atoms with Crippen molar-refractivity contribution in [2.45, 2.75) is 0 Å². The number of nitrogens with zero attached hydrogens (tertiary/aromatic N) is 3. The van der Waals surface area contributed by atoms with E-state index in [4.69, 9.17) is 4.74 Å². The monoisotopic (exact) mass is 317 g/mol. The minimum absolute atomic E-state index is 0.0213. The maximum atomic E-state index is 11.9. The van der Waals surface area contributed by atoms with E-state index < -0.39 is 11.9 Å². The van der Waals surface area contributed by atoms with Crippen molar-refractivity contribution in [2.75, 3.05) is 14.2 Å². The van der Waals surface area contributed by atoms with Gasteiger partial charge in [-0.1, -0.05) is 6.07 Å². The molecular weight excluding hydrogens is 306 g/mol. The van der Waals surface area contributed by atoms with Gasteiger partial charge < -0.3 is 9.47 Å². The molecule has 3 aromatic heterocycles. The lowest BCUT2D eigenvalue weighted by Gasteiger charge is -2.04. The molecule has 0 aromatic carbocycles. The number of fused-ring (bicyclic) bond motifs is 1. The van der Waals surface area contributed by atoms with Crippen molar-refractivity contribution in [1.29, 1.82) is 0 Å². The van der Waals surface area contributed by atoms with Crippen LogP contribution in [0.2, 0.25) is 0 Å². The number of methoxy groups -OCH3 is 2. The number of aromatic nitrogens is 3. The van der Waals surface area contributed by atoms with Gasteiger partial charge in [0.15, 0.2) is 17.0 Å². The molecule has 0 unspecified atom stereocenters. The Balaban J connectivity index is 2.24. The Morgan fingerprint density at radius 3 is 2.59 bits per heavy atom. The van der Waals surface area contributed by atoms with E-state index >= 15 is 0 Å². The largest absolute Gasteiger partial charge is 0.464 e. The van der Waals surface area contributed by atoms with E-state index in [0.29, 0.717) is 11.3 Å². The van der Waals surface area contributed by atoms with Crippen molar-refractivity contribution in [3.63, 3.8) is 0 Å². The van der Waals surface area contributed by atoms with E-state index in [1.807, 2.05) is 17.5 Å². The fraction of sp³-hybridized carbons (Fsp3) is 0.143. The third-order valence-corrected chi connectivity index (χ3v) is 3.88. The predicted octanol–water partition coefficient (Wildman–Crippen LogP) is 2.03. The van der Waals surface area contributed by atoms with Crippen LogP contribution in [-0.2, 0) is 9.47 Å². The van der Waals surface area contributed by atoms with Gasteiger partial charge in [0.2, 0.25) is 0 Å². The minimum Gasteiger partial charge on any atom is -0.464 e. The summed E-state index contributed by atoms with van der Waals surface area (Å²) in [6, 6.07) is 6.81. The van der Waals surface area contributed by atoms with Crippen molar-refractivity contribution < 1.29 is 19.1 Å². The van der Waals surface area contributed by atoms with Gasteiger partial charge in [0.25, 0.3) is 0 Å². The van der Waals surface area contributed by atoms with Crippen molar-refractivity contribution in [3.8, 4) is 10.6 Å². The smallest absolute Gasteiger partial charge is 0.356 e. The fourth-order valence-corrected chi connectivity index (χ4v) is 2.66. The first kappa shape index (κ1) is 14.2. The van der Waals surface area contributed by atoms with Crippen LogP contribution in [0.1, 0.15) is 21.0 Å². The van der Waals surface area contributed by atoms with Gasteiger partial charge in [-0.2, -0.15) is 5.10 Å². The normalized spacial score (nSPS) is 10.6. The minimum atomic E-state index is -0.633. The lowest BCUT2D eigenvalue weighted by atomic mass is 10.3. The van der Waals surface area contributed by atoms with E-state index in [1.54, 1.807) is 6.07 Å². The SMILES string of the molecule is COC(=O)c1cc(C(=O)OC)n2nc(-c3cccs3)cc2n1. The van der Waals surface area contributed by atoms with Crippen molar-refractivity contribution in [1.82, 2.24) is 14.6 Å². The molecule has 0 aliphatic carbocycles. The van der Waals surface area contributed by atoms with Crippen molar-refractivity contribution >= 4 is 28.9 Å². The number of ether oxygens (including phenoxy) is 2. The second-order valence-corrected chi connectivity index (χ2v) is 5.23. The summed E-state index contributed by atoms with van der Waals surface area (Å²) >= 11 is 1.51. The zero-order chi connectivity index (χ0) is 15.7. The Labute approximate surface area is 129 Å². The maximum Gasteiger partial charge on any atom is 0.356 e. The maximum absolute atomic E-state index is 11.9. The Morgan fingerprint density at radius 2 is 1.95 bits per heavy atom. The molecule has 0 fully saturated rings.